The van der Waals surface area contributed by atoms with Gasteiger partial charge in [-0.2, -0.15) is 0 Å². The summed E-state index contributed by atoms with van der Waals surface area (Å²) in [5.41, 5.74) is 1.87. The number of thioether (sulfide) groups is 1. The lowest BCUT2D eigenvalue weighted by atomic mass is 10.1. The average molecular weight is 494 g/mol. The molecular formula is C21H20BrNO4S2. The van der Waals surface area contributed by atoms with Gasteiger partial charge in [0.25, 0.3) is 5.91 Å². The predicted octanol–water partition coefficient (Wildman–Crippen LogP) is 4.88. The first-order chi connectivity index (χ1) is 14.0. The Labute approximate surface area is 188 Å². The fourth-order valence-electron chi connectivity index (χ4n) is 2.72. The van der Waals surface area contributed by atoms with Crippen LogP contribution in [0.5, 0.6) is 11.5 Å². The minimum Gasteiger partial charge on any atom is -0.493 e. The van der Waals surface area contributed by atoms with Crippen molar-refractivity contribution in [3.05, 3.63) is 63.0 Å². The second-order valence-corrected chi connectivity index (χ2v) is 8.66. The number of carbonyl (C=O) groups is 1. The van der Waals surface area contributed by atoms with Crippen molar-refractivity contribution in [2.45, 2.75) is 6.61 Å². The van der Waals surface area contributed by atoms with Crippen molar-refractivity contribution in [3.8, 4) is 11.5 Å². The van der Waals surface area contributed by atoms with E-state index in [4.69, 9.17) is 26.4 Å². The van der Waals surface area contributed by atoms with Crippen molar-refractivity contribution in [1.29, 1.82) is 0 Å². The highest BCUT2D eigenvalue weighted by Gasteiger charge is 2.31. The number of hydrogen-bond donors (Lipinski definition) is 0. The smallest absolute Gasteiger partial charge is 0.266 e. The van der Waals surface area contributed by atoms with E-state index in [1.807, 2.05) is 42.5 Å². The zero-order valence-electron chi connectivity index (χ0n) is 16.0. The summed E-state index contributed by atoms with van der Waals surface area (Å²) in [6, 6.07) is 13.6. The molecule has 29 heavy (non-hydrogen) atoms. The van der Waals surface area contributed by atoms with Crippen LogP contribution in [0.4, 0.5) is 0 Å². The van der Waals surface area contributed by atoms with Gasteiger partial charge in [-0.1, -0.05) is 54.3 Å². The molecule has 0 atom stereocenters. The molecule has 1 saturated heterocycles. The first-order valence-corrected chi connectivity index (χ1v) is 10.8. The van der Waals surface area contributed by atoms with E-state index in [0.29, 0.717) is 40.5 Å². The van der Waals surface area contributed by atoms with E-state index >= 15 is 0 Å². The number of methoxy groups -OCH3 is 2. The molecule has 8 heteroatoms. The van der Waals surface area contributed by atoms with E-state index in [9.17, 15) is 4.79 Å². The van der Waals surface area contributed by atoms with E-state index in [2.05, 4.69) is 15.9 Å². The molecule has 0 aliphatic carbocycles. The molecule has 0 N–H and O–H groups in total. The van der Waals surface area contributed by atoms with Crippen molar-refractivity contribution in [2.24, 2.45) is 0 Å². The number of benzene rings is 2. The lowest BCUT2D eigenvalue weighted by molar-refractivity contribution is -0.122. The SMILES string of the molecule is COCCN1C(=O)C(=Cc2cc(Br)c(OCc3ccccc3)c(OC)c2)SC1=S. The van der Waals surface area contributed by atoms with Gasteiger partial charge < -0.3 is 14.2 Å². The van der Waals surface area contributed by atoms with Crippen LogP contribution in [0.25, 0.3) is 6.08 Å². The lowest BCUT2D eigenvalue weighted by Crippen LogP contribution is -2.31. The van der Waals surface area contributed by atoms with Gasteiger partial charge in [0.15, 0.2) is 11.5 Å². The minimum absolute atomic E-state index is 0.114. The number of rotatable bonds is 8. The fourth-order valence-corrected chi connectivity index (χ4v) is 4.60. The Morgan fingerprint density at radius 2 is 1.97 bits per heavy atom. The van der Waals surface area contributed by atoms with Crippen molar-refractivity contribution in [3.63, 3.8) is 0 Å². The summed E-state index contributed by atoms with van der Waals surface area (Å²) in [7, 11) is 3.18. The maximum atomic E-state index is 12.6. The van der Waals surface area contributed by atoms with Crippen LogP contribution < -0.4 is 9.47 Å². The van der Waals surface area contributed by atoms with E-state index in [1.54, 1.807) is 25.2 Å². The summed E-state index contributed by atoms with van der Waals surface area (Å²) in [4.78, 5) is 14.7. The molecule has 1 aliphatic rings. The molecule has 1 heterocycles. The third kappa shape index (κ3) is 5.39. The van der Waals surface area contributed by atoms with Crippen LogP contribution >= 0.6 is 39.9 Å². The summed E-state index contributed by atoms with van der Waals surface area (Å²) < 4.78 is 17.8. The molecule has 1 fully saturated rings. The maximum Gasteiger partial charge on any atom is 0.266 e. The van der Waals surface area contributed by atoms with Gasteiger partial charge >= 0.3 is 0 Å². The van der Waals surface area contributed by atoms with Gasteiger partial charge in [0, 0.05) is 7.11 Å². The standard InChI is InChI=1S/C21H20BrNO4S2/c1-25-9-8-23-20(24)18(29-21(23)28)12-15-10-16(22)19(17(11-15)26-2)27-13-14-6-4-3-5-7-14/h3-7,10-12H,8-9,13H2,1-2H3. The summed E-state index contributed by atoms with van der Waals surface area (Å²) >= 11 is 10.2. The van der Waals surface area contributed by atoms with Crippen molar-refractivity contribution in [2.75, 3.05) is 27.4 Å². The van der Waals surface area contributed by atoms with Gasteiger partial charge in [-0.25, -0.2) is 0 Å². The second kappa shape index (κ2) is 10.2. The highest BCUT2D eigenvalue weighted by molar-refractivity contribution is 9.10. The van der Waals surface area contributed by atoms with Crippen molar-refractivity contribution < 1.29 is 19.0 Å². The van der Waals surface area contributed by atoms with Crippen molar-refractivity contribution >= 4 is 56.2 Å². The summed E-state index contributed by atoms with van der Waals surface area (Å²) in [6.45, 7) is 1.30. The van der Waals surface area contributed by atoms with Crippen molar-refractivity contribution in [1.82, 2.24) is 4.90 Å². The molecule has 1 aliphatic heterocycles. The Balaban J connectivity index is 1.80. The van der Waals surface area contributed by atoms with Gasteiger partial charge in [0.05, 0.1) is 29.6 Å². The largest absolute Gasteiger partial charge is 0.493 e. The number of amides is 1. The molecule has 2 aromatic carbocycles. The average Bonchev–Trinajstić information content (AvgIpc) is 2.98. The first kappa shape index (κ1) is 21.8. The molecule has 5 nitrogen and oxygen atoms in total. The number of ether oxygens (including phenoxy) is 3. The van der Waals surface area contributed by atoms with Crippen LogP contribution in [-0.4, -0.2) is 42.5 Å². The first-order valence-electron chi connectivity index (χ1n) is 8.82. The fraction of sp³-hybridized carbons (Fsp3) is 0.238. The summed E-state index contributed by atoms with van der Waals surface area (Å²) in [5.74, 6) is 1.08. The molecule has 0 spiro atoms. The topological polar surface area (TPSA) is 48.0 Å². The molecular weight excluding hydrogens is 474 g/mol. The third-order valence-corrected chi connectivity index (χ3v) is 6.13. The molecule has 0 radical (unpaired) electrons. The van der Waals surface area contributed by atoms with E-state index < -0.39 is 0 Å². The molecule has 0 saturated carbocycles. The Kier molecular flexibility index (Phi) is 7.71. The highest BCUT2D eigenvalue weighted by Crippen LogP contribution is 2.39. The van der Waals surface area contributed by atoms with Crippen LogP contribution in [-0.2, 0) is 16.1 Å². The second-order valence-electron chi connectivity index (χ2n) is 6.13. The molecule has 0 bridgehead atoms. The van der Waals surface area contributed by atoms with Crippen LogP contribution in [0.15, 0.2) is 51.8 Å². The molecule has 3 rings (SSSR count). The van der Waals surface area contributed by atoms with Crippen LogP contribution in [0.1, 0.15) is 11.1 Å². The molecule has 0 aromatic heterocycles. The molecule has 1 amide bonds. The van der Waals surface area contributed by atoms with Crippen LogP contribution in [0.3, 0.4) is 0 Å². The van der Waals surface area contributed by atoms with Gasteiger partial charge in [-0.15, -0.1) is 0 Å². The maximum absolute atomic E-state index is 12.6. The number of halogens is 1. The Bertz CT molecular complexity index is 934. The third-order valence-electron chi connectivity index (χ3n) is 4.17. The minimum atomic E-state index is -0.114. The van der Waals surface area contributed by atoms with E-state index in [1.165, 1.54) is 11.8 Å². The zero-order chi connectivity index (χ0) is 20.8. The van der Waals surface area contributed by atoms with Gasteiger partial charge in [0.2, 0.25) is 0 Å². The Morgan fingerprint density at radius 3 is 2.66 bits per heavy atom. The van der Waals surface area contributed by atoms with E-state index in [0.717, 1.165) is 15.6 Å². The van der Waals surface area contributed by atoms with E-state index in [-0.39, 0.29) is 5.91 Å². The van der Waals surface area contributed by atoms with Gasteiger partial charge in [-0.3, -0.25) is 9.69 Å². The quantitative estimate of drug-likeness (QED) is 0.385. The highest BCUT2D eigenvalue weighted by atomic mass is 79.9. The van der Waals surface area contributed by atoms with Crippen LogP contribution in [0.2, 0.25) is 0 Å². The van der Waals surface area contributed by atoms with Gasteiger partial charge in [-0.05, 0) is 45.3 Å². The Hall–Kier alpha value is -1.87. The normalized spacial score (nSPS) is 15.3. The summed E-state index contributed by atoms with van der Waals surface area (Å²) in [6.07, 6.45) is 1.81. The monoisotopic (exact) mass is 493 g/mol. The Morgan fingerprint density at radius 1 is 1.21 bits per heavy atom. The number of hydrogen-bond acceptors (Lipinski definition) is 6. The van der Waals surface area contributed by atoms with Gasteiger partial charge in [0.1, 0.15) is 10.9 Å². The number of thiocarbonyl (C=S) groups is 1. The zero-order valence-corrected chi connectivity index (χ0v) is 19.2. The molecule has 2 aromatic rings. The number of carbonyl (C=O) groups excluding carboxylic acids is 1. The van der Waals surface area contributed by atoms with Crippen LogP contribution in [0, 0.1) is 0 Å². The summed E-state index contributed by atoms with van der Waals surface area (Å²) in [5, 5.41) is 0. The lowest BCUT2D eigenvalue weighted by Gasteiger charge is -2.14. The molecule has 0 unspecified atom stereocenters. The predicted molar refractivity (Wildman–Crippen MR) is 123 cm³/mol. The number of nitrogens with zero attached hydrogens (tertiary/aromatic N) is 1. The molecule has 152 valence electrons.